The molecular weight excluding hydrogens is 525 g/mol. The highest BCUT2D eigenvalue weighted by Crippen LogP contribution is 2.36. The lowest BCUT2D eigenvalue weighted by molar-refractivity contribution is -0.139. The number of ether oxygens (including phenoxy) is 1. The van der Waals surface area contributed by atoms with Crippen molar-refractivity contribution in [3.05, 3.63) is 59.8 Å². The first kappa shape index (κ1) is 28.9. The van der Waals surface area contributed by atoms with Crippen LogP contribution >= 0.6 is 0 Å². The number of anilines is 3. The maximum Gasteiger partial charge on any atom is 0.417 e. The van der Waals surface area contributed by atoms with E-state index >= 15 is 0 Å². The van der Waals surface area contributed by atoms with Gasteiger partial charge < -0.3 is 24.8 Å². The number of rotatable bonds is 8. The molecule has 2 aliphatic heterocycles. The van der Waals surface area contributed by atoms with Crippen molar-refractivity contribution in [1.82, 2.24) is 9.88 Å². The number of halogens is 3. The summed E-state index contributed by atoms with van der Waals surface area (Å²) in [6.45, 7) is 7.48. The normalized spacial score (nSPS) is 17.9. The van der Waals surface area contributed by atoms with Crippen LogP contribution in [0.2, 0.25) is 0 Å². The standard InChI is InChI=1S/C28H31F3N6O3/c1-4-25(38)37-16-19(17-37)40-13-7-11-36-12-10-22(27(39)35(3)23-8-5-6-9-24(23)36)34-26-20(15-32)21(28(29,30)31)14-18(2)33-26/h4-6,8-9,14,19,22H,1,7,10-13,16-17H2,2-3H3,(H,33,34)/t22-/m0/s1. The van der Waals surface area contributed by atoms with Gasteiger partial charge in [-0.1, -0.05) is 18.7 Å². The van der Waals surface area contributed by atoms with Crippen molar-refractivity contribution in [2.45, 2.75) is 38.1 Å². The Balaban J connectivity index is 1.49. The minimum atomic E-state index is -4.74. The number of nitrogens with one attached hydrogen (secondary N) is 1. The third-order valence-electron chi connectivity index (χ3n) is 7.04. The van der Waals surface area contributed by atoms with Crippen LogP contribution in [0.15, 0.2) is 43.0 Å². The predicted molar refractivity (Wildman–Crippen MR) is 144 cm³/mol. The molecule has 1 fully saturated rings. The highest BCUT2D eigenvalue weighted by molar-refractivity contribution is 6.01. The molecule has 0 bridgehead atoms. The summed E-state index contributed by atoms with van der Waals surface area (Å²) < 4.78 is 46.8. The number of carbonyl (C=O) groups is 2. The molecule has 4 rings (SSSR count). The van der Waals surface area contributed by atoms with Crippen LogP contribution in [-0.2, 0) is 20.5 Å². The van der Waals surface area contributed by atoms with Gasteiger partial charge in [-0.2, -0.15) is 18.4 Å². The summed E-state index contributed by atoms with van der Waals surface area (Å²) in [5, 5.41) is 12.4. The summed E-state index contributed by atoms with van der Waals surface area (Å²) in [4.78, 5) is 34.4. The van der Waals surface area contributed by atoms with Gasteiger partial charge in [-0.3, -0.25) is 9.59 Å². The van der Waals surface area contributed by atoms with Gasteiger partial charge in [0, 0.05) is 45.5 Å². The Hall–Kier alpha value is -4.11. The molecule has 1 aromatic heterocycles. The number of likely N-dealkylation sites (tertiary alicyclic amines) is 1. The smallest absolute Gasteiger partial charge is 0.374 e. The number of carbonyl (C=O) groups excluding carboxylic acids is 2. The van der Waals surface area contributed by atoms with Gasteiger partial charge in [0.05, 0.1) is 23.0 Å². The molecule has 0 spiro atoms. The van der Waals surface area contributed by atoms with Gasteiger partial charge in [0.15, 0.2) is 0 Å². The second-order valence-electron chi connectivity index (χ2n) is 9.80. The minimum absolute atomic E-state index is 0.0152. The number of pyridine rings is 1. The van der Waals surface area contributed by atoms with Crippen LogP contribution in [0.3, 0.4) is 0 Å². The lowest BCUT2D eigenvalue weighted by atomic mass is 10.0. The molecule has 1 N–H and O–H groups in total. The number of fused-ring (bicyclic) bond motifs is 1. The highest BCUT2D eigenvalue weighted by Gasteiger charge is 2.37. The molecule has 1 atom stereocenters. The van der Waals surface area contributed by atoms with Crippen LogP contribution in [0, 0.1) is 18.3 Å². The molecule has 2 amide bonds. The van der Waals surface area contributed by atoms with E-state index in [1.54, 1.807) is 18.0 Å². The van der Waals surface area contributed by atoms with E-state index in [-0.39, 0.29) is 35.9 Å². The highest BCUT2D eigenvalue weighted by atomic mass is 19.4. The lowest BCUT2D eigenvalue weighted by Gasteiger charge is -2.38. The number of aryl methyl sites for hydroxylation is 1. The molecular formula is C28H31F3N6O3. The van der Waals surface area contributed by atoms with E-state index in [4.69, 9.17) is 4.74 Å². The topological polar surface area (TPSA) is 102 Å². The molecule has 1 saturated heterocycles. The first-order valence-electron chi connectivity index (χ1n) is 12.9. The molecule has 1 aromatic carbocycles. The lowest BCUT2D eigenvalue weighted by Crippen LogP contribution is -2.54. The summed E-state index contributed by atoms with van der Waals surface area (Å²) in [5.41, 5.74) is -0.141. The largest absolute Gasteiger partial charge is 0.417 e. The minimum Gasteiger partial charge on any atom is -0.374 e. The van der Waals surface area contributed by atoms with E-state index in [1.807, 2.05) is 24.3 Å². The molecule has 2 aromatic rings. The van der Waals surface area contributed by atoms with Crippen molar-refractivity contribution in [2.75, 3.05) is 55.0 Å². The van der Waals surface area contributed by atoms with E-state index in [0.717, 1.165) is 11.8 Å². The Morgan fingerprint density at radius 1 is 1.30 bits per heavy atom. The fourth-order valence-electron chi connectivity index (χ4n) is 4.90. The number of alkyl halides is 3. The number of amides is 2. The zero-order valence-corrected chi connectivity index (χ0v) is 22.4. The fourth-order valence-corrected chi connectivity index (χ4v) is 4.90. The molecule has 12 heteroatoms. The molecule has 3 heterocycles. The molecule has 212 valence electrons. The molecule has 0 radical (unpaired) electrons. The molecule has 0 aliphatic carbocycles. The number of nitriles is 1. The van der Waals surface area contributed by atoms with Crippen LogP contribution in [0.4, 0.5) is 30.4 Å². The molecule has 9 nitrogen and oxygen atoms in total. The number of para-hydroxylation sites is 2. The second kappa shape index (κ2) is 12.0. The van der Waals surface area contributed by atoms with Gasteiger partial charge in [-0.25, -0.2) is 4.98 Å². The number of likely N-dealkylation sites (N-methyl/N-ethyl adjacent to an activating group) is 1. The van der Waals surface area contributed by atoms with Crippen LogP contribution < -0.4 is 15.1 Å². The van der Waals surface area contributed by atoms with Crippen molar-refractivity contribution in [1.29, 1.82) is 5.26 Å². The summed E-state index contributed by atoms with van der Waals surface area (Å²) in [6.07, 6.45) is -2.53. The third-order valence-corrected chi connectivity index (χ3v) is 7.04. The first-order valence-corrected chi connectivity index (χ1v) is 12.9. The van der Waals surface area contributed by atoms with Crippen molar-refractivity contribution in [2.24, 2.45) is 0 Å². The van der Waals surface area contributed by atoms with E-state index in [1.165, 1.54) is 17.9 Å². The Morgan fingerprint density at radius 2 is 2.00 bits per heavy atom. The summed E-state index contributed by atoms with van der Waals surface area (Å²) in [6, 6.07) is 8.95. The summed E-state index contributed by atoms with van der Waals surface area (Å²) in [5.74, 6) is -0.726. The summed E-state index contributed by atoms with van der Waals surface area (Å²) in [7, 11) is 1.62. The number of benzene rings is 1. The van der Waals surface area contributed by atoms with Crippen molar-refractivity contribution in [3.63, 3.8) is 0 Å². The van der Waals surface area contributed by atoms with E-state index < -0.39 is 23.3 Å². The third kappa shape index (κ3) is 6.20. The van der Waals surface area contributed by atoms with Crippen LogP contribution in [0.25, 0.3) is 0 Å². The fraction of sp³-hybridized carbons (Fsp3) is 0.429. The molecule has 0 saturated carbocycles. The van der Waals surface area contributed by atoms with Gasteiger partial charge in [0.25, 0.3) is 0 Å². The quantitative estimate of drug-likeness (QED) is 0.391. The molecule has 40 heavy (non-hydrogen) atoms. The Labute approximate surface area is 230 Å². The van der Waals surface area contributed by atoms with Gasteiger partial charge in [-0.05, 0) is 44.0 Å². The summed E-state index contributed by atoms with van der Waals surface area (Å²) >= 11 is 0. The SMILES string of the molecule is C=CC(=O)N1CC(OCCCN2CC[C@H](Nc3nc(C)cc(C(F)(F)F)c3C#N)C(=O)N(C)c3ccccc32)C1. The zero-order valence-electron chi connectivity index (χ0n) is 22.4. The van der Waals surface area contributed by atoms with E-state index in [0.29, 0.717) is 44.9 Å². The van der Waals surface area contributed by atoms with Gasteiger partial charge >= 0.3 is 6.18 Å². The average molecular weight is 557 g/mol. The van der Waals surface area contributed by atoms with Crippen LogP contribution in [-0.4, -0.2) is 73.7 Å². The maximum atomic E-state index is 13.6. The van der Waals surface area contributed by atoms with Gasteiger partial charge in [-0.15, -0.1) is 0 Å². The average Bonchev–Trinajstić information content (AvgIpc) is 2.90. The number of nitrogens with zero attached hydrogens (tertiary/aromatic N) is 5. The monoisotopic (exact) mass is 556 g/mol. The van der Waals surface area contributed by atoms with Crippen molar-refractivity contribution < 1.29 is 27.5 Å². The van der Waals surface area contributed by atoms with Gasteiger partial charge in [0.1, 0.15) is 23.5 Å². The maximum absolute atomic E-state index is 13.6. The van der Waals surface area contributed by atoms with Crippen molar-refractivity contribution in [3.8, 4) is 6.07 Å². The molecule has 2 aliphatic rings. The number of hydrogen-bond acceptors (Lipinski definition) is 7. The second-order valence-corrected chi connectivity index (χ2v) is 9.80. The van der Waals surface area contributed by atoms with Crippen LogP contribution in [0.5, 0.6) is 0 Å². The first-order chi connectivity index (χ1) is 19.0. The molecule has 0 unspecified atom stereocenters. The number of aromatic nitrogens is 1. The van der Waals surface area contributed by atoms with Crippen LogP contribution in [0.1, 0.15) is 29.7 Å². The van der Waals surface area contributed by atoms with Gasteiger partial charge in [0.2, 0.25) is 11.8 Å². The Kier molecular flexibility index (Phi) is 8.64. The number of hydrogen-bond donors (Lipinski definition) is 1. The zero-order chi connectivity index (χ0) is 29.0. The Bertz CT molecular complexity index is 1320. The predicted octanol–water partition coefficient (Wildman–Crippen LogP) is 3.74. The van der Waals surface area contributed by atoms with E-state index in [9.17, 15) is 28.0 Å². The van der Waals surface area contributed by atoms with Crippen molar-refractivity contribution >= 4 is 29.0 Å². The van der Waals surface area contributed by atoms with E-state index in [2.05, 4.69) is 21.8 Å². The Morgan fingerprint density at radius 3 is 2.65 bits per heavy atom.